The van der Waals surface area contributed by atoms with Crippen LogP contribution >= 0.6 is 34.3 Å². The molecule has 22 heavy (non-hydrogen) atoms. The van der Waals surface area contributed by atoms with E-state index in [2.05, 4.69) is 27.3 Å². The fourth-order valence-electron chi connectivity index (χ4n) is 2.20. The lowest BCUT2D eigenvalue weighted by Gasteiger charge is -1.92. The van der Waals surface area contributed by atoms with Crippen molar-refractivity contribution in [3.63, 3.8) is 0 Å². The van der Waals surface area contributed by atoms with E-state index in [1.54, 1.807) is 17.6 Å². The summed E-state index contributed by atoms with van der Waals surface area (Å²) in [7, 11) is 1.98. The predicted molar refractivity (Wildman–Crippen MR) is 92.0 cm³/mol. The van der Waals surface area contributed by atoms with Gasteiger partial charge in [0.2, 0.25) is 4.80 Å². The summed E-state index contributed by atoms with van der Waals surface area (Å²) in [6.07, 6.45) is 3.55. The molecule has 0 amide bonds. The van der Waals surface area contributed by atoms with Gasteiger partial charge in [0.25, 0.3) is 0 Å². The standard InChI is InChI=1S/C14H10ClN5S2/c1-19-9-4-2-3-5-11(9)22-14(19)18-16-8-10-12(15)17-13-20(10)6-7-21-13/h2-8H,1H3/b16-8-,18-14+. The Bertz CT molecular complexity index is 1070. The van der Waals surface area contributed by atoms with E-state index >= 15 is 0 Å². The highest BCUT2D eigenvalue weighted by Crippen LogP contribution is 2.19. The molecule has 0 saturated heterocycles. The number of rotatable bonds is 2. The number of para-hydroxylation sites is 1. The SMILES string of the molecule is Cn1/c(=N\N=C/c2c(Cl)nc3sccn23)sc2ccccc21. The summed E-state index contributed by atoms with van der Waals surface area (Å²) in [5.41, 5.74) is 1.88. The maximum atomic E-state index is 6.13. The van der Waals surface area contributed by atoms with E-state index in [9.17, 15) is 0 Å². The number of hydrogen-bond acceptors (Lipinski definition) is 5. The Labute approximate surface area is 138 Å². The molecule has 0 N–H and O–H groups in total. The molecule has 0 saturated carbocycles. The van der Waals surface area contributed by atoms with Crippen LogP contribution in [0, 0.1) is 0 Å². The number of thiazole rings is 2. The molecular formula is C14H10ClN5S2. The van der Waals surface area contributed by atoms with Crippen molar-refractivity contribution in [1.29, 1.82) is 0 Å². The van der Waals surface area contributed by atoms with Crippen LogP contribution in [0.3, 0.4) is 0 Å². The van der Waals surface area contributed by atoms with Crippen molar-refractivity contribution in [1.82, 2.24) is 14.0 Å². The lowest BCUT2D eigenvalue weighted by atomic mass is 10.3. The number of halogens is 1. The highest BCUT2D eigenvalue weighted by atomic mass is 35.5. The number of fused-ring (bicyclic) bond motifs is 2. The van der Waals surface area contributed by atoms with Crippen molar-refractivity contribution in [3.8, 4) is 0 Å². The lowest BCUT2D eigenvalue weighted by Crippen LogP contribution is -2.08. The molecule has 1 aromatic carbocycles. The zero-order valence-corrected chi connectivity index (χ0v) is 13.9. The van der Waals surface area contributed by atoms with Gasteiger partial charge in [-0.3, -0.25) is 4.40 Å². The first-order valence-corrected chi connectivity index (χ1v) is 8.54. The van der Waals surface area contributed by atoms with Crippen molar-refractivity contribution in [2.75, 3.05) is 0 Å². The molecule has 0 fully saturated rings. The lowest BCUT2D eigenvalue weighted by molar-refractivity contribution is 0.889. The molecule has 3 aromatic heterocycles. The van der Waals surface area contributed by atoms with Gasteiger partial charge in [-0.15, -0.1) is 16.4 Å². The first-order valence-electron chi connectivity index (χ1n) is 6.47. The summed E-state index contributed by atoms with van der Waals surface area (Å²) < 4.78 is 5.11. The number of aromatic nitrogens is 3. The van der Waals surface area contributed by atoms with Crippen LogP contribution in [-0.4, -0.2) is 20.2 Å². The van der Waals surface area contributed by atoms with Crippen LogP contribution in [0.1, 0.15) is 5.69 Å². The quantitative estimate of drug-likeness (QED) is 0.404. The smallest absolute Gasteiger partial charge is 0.211 e. The van der Waals surface area contributed by atoms with Gasteiger partial charge in [-0.25, -0.2) is 4.98 Å². The molecule has 4 rings (SSSR count). The molecule has 4 aromatic rings. The molecule has 5 nitrogen and oxygen atoms in total. The Kier molecular flexibility index (Phi) is 3.33. The molecule has 8 heteroatoms. The van der Waals surface area contributed by atoms with Gasteiger partial charge >= 0.3 is 0 Å². The minimum absolute atomic E-state index is 0.437. The maximum Gasteiger partial charge on any atom is 0.211 e. The summed E-state index contributed by atoms with van der Waals surface area (Å²) in [6.45, 7) is 0. The van der Waals surface area contributed by atoms with E-state index < -0.39 is 0 Å². The van der Waals surface area contributed by atoms with Gasteiger partial charge in [-0.2, -0.15) is 5.10 Å². The molecular weight excluding hydrogens is 338 g/mol. The zero-order chi connectivity index (χ0) is 15.1. The van der Waals surface area contributed by atoms with Crippen molar-refractivity contribution < 1.29 is 0 Å². The average molecular weight is 348 g/mol. The minimum Gasteiger partial charge on any atom is -0.318 e. The normalized spacial score (nSPS) is 13.1. The van der Waals surface area contributed by atoms with Crippen LogP contribution in [0.4, 0.5) is 0 Å². The van der Waals surface area contributed by atoms with Gasteiger partial charge in [0.1, 0.15) is 5.69 Å². The highest BCUT2D eigenvalue weighted by molar-refractivity contribution is 7.16. The second-order valence-electron chi connectivity index (χ2n) is 4.60. The fourth-order valence-corrected chi connectivity index (χ4v) is 4.17. The van der Waals surface area contributed by atoms with Crippen LogP contribution in [0.5, 0.6) is 0 Å². The van der Waals surface area contributed by atoms with E-state index in [4.69, 9.17) is 11.6 Å². The maximum absolute atomic E-state index is 6.13. The Morgan fingerprint density at radius 1 is 1.32 bits per heavy atom. The monoisotopic (exact) mass is 347 g/mol. The Balaban J connectivity index is 1.78. The van der Waals surface area contributed by atoms with E-state index in [0.717, 1.165) is 21.0 Å². The highest BCUT2D eigenvalue weighted by Gasteiger charge is 2.08. The molecule has 110 valence electrons. The van der Waals surface area contributed by atoms with Gasteiger partial charge < -0.3 is 4.57 Å². The second-order valence-corrected chi connectivity index (χ2v) is 6.84. The zero-order valence-electron chi connectivity index (χ0n) is 11.5. The molecule has 0 aliphatic carbocycles. The van der Waals surface area contributed by atoms with E-state index in [0.29, 0.717) is 5.15 Å². The van der Waals surface area contributed by atoms with Gasteiger partial charge in [-0.05, 0) is 12.1 Å². The number of aryl methyl sites for hydroxylation is 1. The fraction of sp³-hybridized carbons (Fsp3) is 0.0714. The molecule has 0 atom stereocenters. The largest absolute Gasteiger partial charge is 0.318 e. The Morgan fingerprint density at radius 3 is 3.05 bits per heavy atom. The number of imidazole rings is 1. The van der Waals surface area contributed by atoms with Gasteiger partial charge in [0.15, 0.2) is 10.1 Å². The van der Waals surface area contributed by atoms with Crippen molar-refractivity contribution in [2.24, 2.45) is 17.3 Å². The van der Waals surface area contributed by atoms with Crippen molar-refractivity contribution in [3.05, 3.63) is 51.5 Å². The molecule has 3 heterocycles. The first kappa shape index (κ1) is 13.7. The summed E-state index contributed by atoms with van der Waals surface area (Å²) in [6, 6.07) is 8.18. The summed E-state index contributed by atoms with van der Waals surface area (Å²) >= 11 is 9.26. The van der Waals surface area contributed by atoms with Gasteiger partial charge in [-0.1, -0.05) is 35.1 Å². The van der Waals surface area contributed by atoms with E-state index in [1.807, 2.05) is 39.7 Å². The van der Waals surface area contributed by atoms with Crippen LogP contribution in [-0.2, 0) is 7.05 Å². The first-order chi connectivity index (χ1) is 10.7. The van der Waals surface area contributed by atoms with Gasteiger partial charge in [0, 0.05) is 18.6 Å². The van der Waals surface area contributed by atoms with Crippen molar-refractivity contribution >= 4 is 55.7 Å². The number of nitrogens with zero attached hydrogens (tertiary/aromatic N) is 5. The average Bonchev–Trinajstić information content (AvgIpc) is 3.16. The summed E-state index contributed by atoms with van der Waals surface area (Å²) in [5.74, 6) is 0. The van der Waals surface area contributed by atoms with Crippen molar-refractivity contribution in [2.45, 2.75) is 0 Å². The molecule has 0 spiro atoms. The third-order valence-corrected chi connectivity index (χ3v) is 5.43. The van der Waals surface area contributed by atoms with E-state index in [-0.39, 0.29) is 0 Å². The molecule has 0 radical (unpaired) electrons. The Morgan fingerprint density at radius 2 is 2.18 bits per heavy atom. The van der Waals surface area contributed by atoms with Crippen LogP contribution in [0.25, 0.3) is 15.2 Å². The van der Waals surface area contributed by atoms with Crippen LogP contribution < -0.4 is 4.80 Å². The van der Waals surface area contributed by atoms with Gasteiger partial charge in [0.05, 0.1) is 16.4 Å². The molecule has 0 aliphatic heterocycles. The minimum atomic E-state index is 0.437. The summed E-state index contributed by atoms with van der Waals surface area (Å²) in [5, 5.41) is 10.9. The topological polar surface area (TPSA) is 47.0 Å². The summed E-state index contributed by atoms with van der Waals surface area (Å²) in [4.78, 5) is 5.94. The third kappa shape index (κ3) is 2.18. The number of benzene rings is 1. The molecule has 0 unspecified atom stereocenters. The van der Waals surface area contributed by atoms with Crippen LogP contribution in [0.15, 0.2) is 46.0 Å². The number of hydrogen-bond donors (Lipinski definition) is 0. The van der Waals surface area contributed by atoms with Crippen LogP contribution in [0.2, 0.25) is 5.15 Å². The molecule has 0 bridgehead atoms. The third-order valence-electron chi connectivity index (χ3n) is 3.29. The second kappa shape index (κ2) is 5.35. The van der Waals surface area contributed by atoms with E-state index in [1.165, 1.54) is 16.0 Å². The predicted octanol–water partition coefficient (Wildman–Crippen LogP) is 3.54. The molecule has 0 aliphatic rings. The Hall–Kier alpha value is -1.96.